The molecule has 8 nitrogen and oxygen atoms in total. The van der Waals surface area contributed by atoms with E-state index < -0.39 is 29.9 Å². The topological polar surface area (TPSA) is 106 Å². The highest BCUT2D eigenvalue weighted by Crippen LogP contribution is 2.30. The van der Waals surface area contributed by atoms with Crippen LogP contribution in [0.25, 0.3) is 11.2 Å². The molecule has 0 saturated heterocycles. The van der Waals surface area contributed by atoms with Crippen molar-refractivity contribution in [3.8, 4) is 0 Å². The number of pyridine rings is 1. The molecule has 1 aliphatic rings. The van der Waals surface area contributed by atoms with Crippen LogP contribution in [0.3, 0.4) is 0 Å². The maximum atomic E-state index is 14.1. The number of aromatic nitrogens is 3. The van der Waals surface area contributed by atoms with Gasteiger partial charge in [-0.2, -0.15) is 0 Å². The number of carbonyl (C=O) groups excluding carboxylic acids is 1. The highest BCUT2D eigenvalue weighted by molar-refractivity contribution is 5.94. The Balaban J connectivity index is 1.50. The number of benzene rings is 1. The van der Waals surface area contributed by atoms with E-state index in [1.807, 2.05) is 0 Å². The van der Waals surface area contributed by atoms with Crippen molar-refractivity contribution in [1.82, 2.24) is 19.4 Å². The summed E-state index contributed by atoms with van der Waals surface area (Å²) < 4.78 is 16.9. The third-order valence-electron chi connectivity index (χ3n) is 5.78. The van der Waals surface area contributed by atoms with Crippen molar-refractivity contribution in [2.24, 2.45) is 0 Å². The van der Waals surface area contributed by atoms with Gasteiger partial charge < -0.3 is 10.4 Å². The third-order valence-corrected chi connectivity index (χ3v) is 5.78. The van der Waals surface area contributed by atoms with E-state index in [-0.39, 0.29) is 17.6 Å². The van der Waals surface area contributed by atoms with Crippen molar-refractivity contribution in [2.45, 2.75) is 51.2 Å². The van der Waals surface area contributed by atoms with Crippen molar-refractivity contribution in [1.29, 1.82) is 0 Å². The van der Waals surface area contributed by atoms with Crippen molar-refractivity contribution in [3.05, 3.63) is 64.0 Å². The van der Waals surface area contributed by atoms with E-state index in [0.29, 0.717) is 36.8 Å². The first-order chi connectivity index (χ1) is 14.8. The maximum Gasteiger partial charge on any atom is 0.331 e. The molecule has 1 amide bonds. The van der Waals surface area contributed by atoms with Crippen LogP contribution in [-0.4, -0.2) is 37.1 Å². The van der Waals surface area contributed by atoms with Crippen molar-refractivity contribution < 1.29 is 19.1 Å². The Morgan fingerprint density at radius 2 is 1.97 bits per heavy atom. The van der Waals surface area contributed by atoms with Gasteiger partial charge in [0.1, 0.15) is 12.4 Å². The van der Waals surface area contributed by atoms with E-state index in [1.165, 1.54) is 16.7 Å². The van der Waals surface area contributed by atoms with Crippen LogP contribution in [0, 0.1) is 12.7 Å². The summed E-state index contributed by atoms with van der Waals surface area (Å²) in [4.78, 5) is 40.9. The summed E-state index contributed by atoms with van der Waals surface area (Å²) >= 11 is 0. The molecule has 1 saturated carbocycles. The number of aryl methyl sites for hydroxylation is 1. The Bertz CT molecular complexity index is 1210. The first-order valence-corrected chi connectivity index (χ1v) is 10.2. The van der Waals surface area contributed by atoms with Crippen LogP contribution in [0.2, 0.25) is 0 Å². The van der Waals surface area contributed by atoms with Crippen molar-refractivity contribution >= 4 is 23.0 Å². The summed E-state index contributed by atoms with van der Waals surface area (Å²) in [5.41, 5.74) is 1.31. The fourth-order valence-electron chi connectivity index (χ4n) is 4.27. The van der Waals surface area contributed by atoms with Crippen LogP contribution in [0.4, 0.5) is 4.39 Å². The van der Waals surface area contributed by atoms with E-state index in [0.717, 1.165) is 5.56 Å². The number of carbonyl (C=O) groups is 2. The largest absolute Gasteiger partial charge is 0.480 e. The minimum Gasteiger partial charge on any atom is -0.480 e. The lowest BCUT2D eigenvalue weighted by Crippen LogP contribution is -2.39. The number of aliphatic carboxylic acids is 1. The molecule has 0 radical (unpaired) electrons. The monoisotopic (exact) mass is 426 g/mol. The molecule has 0 bridgehead atoms. The van der Waals surface area contributed by atoms with Gasteiger partial charge in [-0.05, 0) is 62.4 Å². The Morgan fingerprint density at radius 3 is 2.65 bits per heavy atom. The number of imidazole rings is 1. The van der Waals surface area contributed by atoms with Crippen LogP contribution in [0.5, 0.6) is 0 Å². The fraction of sp³-hybridized carbons (Fsp3) is 0.364. The van der Waals surface area contributed by atoms with Gasteiger partial charge in [0.25, 0.3) is 5.91 Å². The number of fused-ring (bicyclic) bond motifs is 1. The quantitative estimate of drug-likeness (QED) is 0.652. The van der Waals surface area contributed by atoms with Gasteiger partial charge in [-0.1, -0.05) is 6.07 Å². The summed E-state index contributed by atoms with van der Waals surface area (Å²) in [6, 6.07) is 7.59. The molecule has 0 unspecified atom stereocenters. The Kier molecular flexibility index (Phi) is 5.58. The van der Waals surface area contributed by atoms with Gasteiger partial charge in [0.15, 0.2) is 5.65 Å². The van der Waals surface area contributed by atoms with E-state index in [1.54, 1.807) is 35.9 Å². The second-order valence-electron chi connectivity index (χ2n) is 7.94. The van der Waals surface area contributed by atoms with Crippen LogP contribution < -0.4 is 11.0 Å². The highest BCUT2D eigenvalue weighted by Gasteiger charge is 2.28. The molecule has 2 aromatic heterocycles. The van der Waals surface area contributed by atoms with E-state index in [9.17, 15) is 18.8 Å². The van der Waals surface area contributed by atoms with Gasteiger partial charge in [-0.15, -0.1) is 0 Å². The summed E-state index contributed by atoms with van der Waals surface area (Å²) in [5.74, 6) is -2.09. The molecule has 2 heterocycles. The second-order valence-corrected chi connectivity index (χ2v) is 7.94. The minimum atomic E-state index is -1.10. The number of amides is 1. The number of carboxylic acids is 1. The molecule has 1 aliphatic carbocycles. The summed E-state index contributed by atoms with van der Waals surface area (Å²) in [6.45, 7) is 1.33. The van der Waals surface area contributed by atoms with E-state index in [2.05, 4.69) is 10.3 Å². The van der Waals surface area contributed by atoms with E-state index in [4.69, 9.17) is 5.11 Å². The number of halogens is 1. The van der Waals surface area contributed by atoms with Crippen LogP contribution in [-0.2, 0) is 11.3 Å². The molecule has 4 rings (SSSR count). The van der Waals surface area contributed by atoms with E-state index >= 15 is 0 Å². The van der Waals surface area contributed by atoms with Gasteiger partial charge in [0.2, 0.25) is 0 Å². The van der Waals surface area contributed by atoms with Gasteiger partial charge in [0.05, 0.1) is 11.1 Å². The molecular formula is C22H23FN4O4. The molecule has 2 N–H and O–H groups in total. The predicted molar refractivity (Wildman–Crippen MR) is 112 cm³/mol. The first-order valence-electron chi connectivity index (χ1n) is 10.2. The lowest BCUT2D eigenvalue weighted by Gasteiger charge is -2.29. The number of nitrogens with one attached hydrogen (secondary N) is 1. The zero-order valence-electron chi connectivity index (χ0n) is 17.0. The predicted octanol–water partition coefficient (Wildman–Crippen LogP) is 2.64. The molecule has 3 aromatic rings. The lowest BCUT2D eigenvalue weighted by atomic mass is 9.90. The van der Waals surface area contributed by atoms with Crippen LogP contribution in [0.1, 0.15) is 47.6 Å². The number of hydrogen-bond donors (Lipinski definition) is 2. The molecule has 1 fully saturated rings. The molecule has 162 valence electrons. The van der Waals surface area contributed by atoms with Gasteiger partial charge >= 0.3 is 11.7 Å². The average molecular weight is 426 g/mol. The van der Waals surface area contributed by atoms with Crippen molar-refractivity contribution in [3.63, 3.8) is 0 Å². The number of hydrogen-bond acceptors (Lipinski definition) is 4. The van der Waals surface area contributed by atoms with Crippen LogP contribution >= 0.6 is 0 Å². The molecule has 31 heavy (non-hydrogen) atoms. The highest BCUT2D eigenvalue weighted by atomic mass is 19.1. The Hall–Kier alpha value is -3.49. The molecule has 0 aliphatic heterocycles. The van der Waals surface area contributed by atoms with Gasteiger partial charge in [-0.25, -0.2) is 14.2 Å². The number of carboxylic acid groups (broad SMARTS) is 1. The summed E-state index contributed by atoms with van der Waals surface area (Å²) in [7, 11) is 0. The third kappa shape index (κ3) is 4.08. The standard InChI is InChI=1S/C22H23FN4O4/c1-13-4-9-16(17(23)11-13)21(30)25-14-5-7-15(8-6-14)27-20-18(3-2-10-24-20)26(22(27)31)12-19(28)29/h2-4,9-11,14-15H,5-8,12H2,1H3,(H,25,30)(H,28,29). The second kappa shape index (κ2) is 8.33. The van der Waals surface area contributed by atoms with Crippen LogP contribution in [0.15, 0.2) is 41.3 Å². The SMILES string of the molecule is Cc1ccc(C(=O)NC2CCC(n3c(=O)n(CC(=O)O)c4cccnc43)CC2)c(F)c1. The average Bonchev–Trinajstić information content (AvgIpc) is 3.00. The Labute approximate surface area is 177 Å². The molecule has 0 atom stereocenters. The molecule has 9 heteroatoms. The summed E-state index contributed by atoms with van der Waals surface area (Å²) in [5, 5.41) is 12.0. The zero-order valence-corrected chi connectivity index (χ0v) is 17.0. The Morgan fingerprint density at radius 1 is 1.23 bits per heavy atom. The number of rotatable bonds is 5. The molecule has 0 spiro atoms. The molecular weight excluding hydrogens is 403 g/mol. The number of nitrogens with zero attached hydrogens (tertiary/aromatic N) is 3. The van der Waals surface area contributed by atoms with Gasteiger partial charge in [0, 0.05) is 18.3 Å². The minimum absolute atomic E-state index is 0.0184. The fourth-order valence-corrected chi connectivity index (χ4v) is 4.27. The molecule has 1 aromatic carbocycles. The normalized spacial score (nSPS) is 18.8. The zero-order chi connectivity index (χ0) is 22.1. The maximum absolute atomic E-state index is 14.1. The lowest BCUT2D eigenvalue weighted by molar-refractivity contribution is -0.137. The first kappa shape index (κ1) is 20.8. The van der Waals surface area contributed by atoms with Crippen molar-refractivity contribution in [2.75, 3.05) is 0 Å². The summed E-state index contributed by atoms with van der Waals surface area (Å²) in [6.07, 6.45) is 4.04. The smallest absolute Gasteiger partial charge is 0.331 e. The van der Waals surface area contributed by atoms with Gasteiger partial charge in [-0.3, -0.25) is 18.7 Å².